The molecule has 0 saturated heterocycles. The molecule has 0 aromatic heterocycles. The van der Waals surface area contributed by atoms with Gasteiger partial charge in [0.1, 0.15) is 19.3 Å². The van der Waals surface area contributed by atoms with Crippen LogP contribution in [0.5, 0.6) is 17.2 Å². The Morgan fingerprint density at radius 1 is 1.12 bits per heavy atom. The van der Waals surface area contributed by atoms with Crippen LogP contribution in [0.4, 0.5) is 4.39 Å². The topological polar surface area (TPSA) is 66.0 Å². The predicted molar refractivity (Wildman–Crippen MR) is 119 cm³/mol. The number of benzene rings is 2. The standard InChI is InChI=1S/C24H23ClFNO5/c1-5-11-30-22-13-19(26)20(14-21(22)29-4)32-16(3)15-27-24(28)23(31-12-6-2)17-7-9-18(25)10-8-17/h1-2,7-10,13-14,16,23H,11-12,15H2,3-4H3,(H,27,28)/t16-,23?/m1/s1. The molecule has 1 unspecified atom stereocenters. The van der Waals surface area contributed by atoms with Gasteiger partial charge in [0.15, 0.2) is 29.2 Å². The fourth-order valence-electron chi connectivity index (χ4n) is 2.69. The first-order valence-electron chi connectivity index (χ1n) is 9.58. The van der Waals surface area contributed by atoms with Crippen molar-refractivity contribution in [3.8, 4) is 41.9 Å². The zero-order valence-corrected chi connectivity index (χ0v) is 18.4. The number of methoxy groups -OCH3 is 1. The third-order valence-corrected chi connectivity index (χ3v) is 4.42. The fraction of sp³-hybridized carbons (Fsp3) is 0.292. The number of terminal acetylenes is 2. The highest BCUT2D eigenvalue weighted by molar-refractivity contribution is 6.30. The molecule has 0 saturated carbocycles. The minimum Gasteiger partial charge on any atom is -0.493 e. The Kier molecular flexibility index (Phi) is 9.69. The maximum absolute atomic E-state index is 14.4. The van der Waals surface area contributed by atoms with Crippen LogP contribution in [-0.2, 0) is 9.53 Å². The molecule has 0 heterocycles. The number of nitrogens with one attached hydrogen (secondary N) is 1. The molecule has 0 aliphatic heterocycles. The van der Waals surface area contributed by atoms with E-state index in [4.69, 9.17) is 43.4 Å². The quantitative estimate of drug-likeness (QED) is 0.518. The molecule has 168 valence electrons. The van der Waals surface area contributed by atoms with Crippen LogP contribution in [0.3, 0.4) is 0 Å². The smallest absolute Gasteiger partial charge is 0.253 e. The SMILES string of the molecule is C#CCOc1cc(F)c(O[C@H](C)CNC(=O)C(OCC#C)c2ccc(Cl)cc2)cc1OC. The van der Waals surface area contributed by atoms with E-state index in [0.29, 0.717) is 10.6 Å². The van der Waals surface area contributed by atoms with Gasteiger partial charge in [0.05, 0.1) is 13.7 Å². The summed E-state index contributed by atoms with van der Waals surface area (Å²) < 4.78 is 36.0. The molecule has 32 heavy (non-hydrogen) atoms. The summed E-state index contributed by atoms with van der Waals surface area (Å²) in [5.41, 5.74) is 0.592. The molecule has 6 nitrogen and oxygen atoms in total. The van der Waals surface area contributed by atoms with Crippen LogP contribution in [-0.4, -0.2) is 38.9 Å². The van der Waals surface area contributed by atoms with E-state index in [0.717, 1.165) is 6.07 Å². The number of hydrogen-bond acceptors (Lipinski definition) is 5. The monoisotopic (exact) mass is 459 g/mol. The average Bonchev–Trinajstić information content (AvgIpc) is 2.79. The number of amides is 1. The van der Waals surface area contributed by atoms with Crippen LogP contribution in [0, 0.1) is 30.5 Å². The molecule has 0 radical (unpaired) electrons. The van der Waals surface area contributed by atoms with E-state index in [2.05, 4.69) is 17.2 Å². The summed E-state index contributed by atoms with van der Waals surface area (Å²) in [4.78, 5) is 12.7. The summed E-state index contributed by atoms with van der Waals surface area (Å²) in [7, 11) is 1.41. The highest BCUT2D eigenvalue weighted by Gasteiger charge is 2.22. The second-order valence-corrected chi connectivity index (χ2v) is 6.98. The average molecular weight is 460 g/mol. The molecular formula is C24H23ClFNO5. The lowest BCUT2D eigenvalue weighted by atomic mass is 10.1. The van der Waals surface area contributed by atoms with Gasteiger partial charge in [0.25, 0.3) is 5.91 Å². The Morgan fingerprint density at radius 2 is 1.81 bits per heavy atom. The maximum atomic E-state index is 14.4. The molecule has 0 bridgehead atoms. The van der Waals surface area contributed by atoms with E-state index in [9.17, 15) is 9.18 Å². The van der Waals surface area contributed by atoms with Crippen LogP contribution in [0.25, 0.3) is 0 Å². The summed E-state index contributed by atoms with van der Waals surface area (Å²) in [6.45, 7) is 1.68. The first-order chi connectivity index (χ1) is 15.4. The van der Waals surface area contributed by atoms with Gasteiger partial charge in [0.2, 0.25) is 0 Å². The molecule has 8 heteroatoms. The van der Waals surface area contributed by atoms with Crippen molar-refractivity contribution in [3.63, 3.8) is 0 Å². The Labute approximate surface area is 192 Å². The van der Waals surface area contributed by atoms with Crippen molar-refractivity contribution in [2.24, 2.45) is 0 Å². The van der Waals surface area contributed by atoms with E-state index < -0.39 is 23.9 Å². The number of rotatable bonds is 11. The van der Waals surface area contributed by atoms with Gasteiger partial charge in [-0.2, -0.15) is 0 Å². The molecule has 2 aromatic carbocycles. The van der Waals surface area contributed by atoms with Crippen LogP contribution < -0.4 is 19.5 Å². The van der Waals surface area contributed by atoms with Gasteiger partial charge in [-0.25, -0.2) is 4.39 Å². The third-order valence-electron chi connectivity index (χ3n) is 4.17. The normalized spacial score (nSPS) is 12.1. The van der Waals surface area contributed by atoms with E-state index >= 15 is 0 Å². The number of ether oxygens (including phenoxy) is 4. The van der Waals surface area contributed by atoms with E-state index in [1.165, 1.54) is 13.2 Å². The van der Waals surface area contributed by atoms with Gasteiger partial charge in [-0.05, 0) is 24.6 Å². The molecule has 0 aliphatic carbocycles. The van der Waals surface area contributed by atoms with E-state index in [1.807, 2.05) is 0 Å². The lowest BCUT2D eigenvalue weighted by Crippen LogP contribution is -2.37. The highest BCUT2D eigenvalue weighted by atomic mass is 35.5. The maximum Gasteiger partial charge on any atom is 0.253 e. The number of carbonyl (C=O) groups excluding carboxylic acids is 1. The minimum atomic E-state index is -0.931. The Morgan fingerprint density at radius 3 is 2.44 bits per heavy atom. The van der Waals surface area contributed by atoms with Gasteiger partial charge in [-0.3, -0.25) is 4.79 Å². The second-order valence-electron chi connectivity index (χ2n) is 6.55. The molecule has 0 spiro atoms. The summed E-state index contributed by atoms with van der Waals surface area (Å²) in [6.07, 6.45) is 8.90. The molecule has 1 amide bonds. The van der Waals surface area contributed by atoms with Gasteiger partial charge < -0.3 is 24.3 Å². The first-order valence-corrected chi connectivity index (χ1v) is 9.96. The summed E-state index contributed by atoms with van der Waals surface area (Å²) in [5.74, 6) is 3.92. The Balaban J connectivity index is 2.03. The number of carbonyl (C=O) groups is 1. The molecular weight excluding hydrogens is 437 g/mol. The van der Waals surface area contributed by atoms with E-state index in [-0.39, 0.29) is 37.0 Å². The van der Waals surface area contributed by atoms with E-state index in [1.54, 1.807) is 31.2 Å². The van der Waals surface area contributed by atoms with Crippen molar-refractivity contribution in [1.82, 2.24) is 5.32 Å². The van der Waals surface area contributed by atoms with Crippen LogP contribution in [0.15, 0.2) is 36.4 Å². The molecule has 0 aliphatic rings. The molecule has 0 fully saturated rings. The lowest BCUT2D eigenvalue weighted by Gasteiger charge is -2.20. The predicted octanol–water partition coefficient (Wildman–Crippen LogP) is 3.77. The first kappa shape index (κ1) is 24.9. The summed E-state index contributed by atoms with van der Waals surface area (Å²) >= 11 is 5.90. The zero-order valence-electron chi connectivity index (χ0n) is 17.7. The number of halogens is 2. The summed E-state index contributed by atoms with van der Waals surface area (Å²) in [6, 6.07) is 9.13. The second kappa shape index (κ2) is 12.5. The minimum absolute atomic E-state index is 0.0328. The van der Waals surface area contributed by atoms with Crippen LogP contribution in [0.1, 0.15) is 18.6 Å². The van der Waals surface area contributed by atoms with Gasteiger partial charge in [-0.15, -0.1) is 12.8 Å². The van der Waals surface area contributed by atoms with Crippen molar-refractivity contribution in [3.05, 3.63) is 52.8 Å². The number of hydrogen-bond donors (Lipinski definition) is 1. The fourth-order valence-corrected chi connectivity index (χ4v) is 2.81. The van der Waals surface area contributed by atoms with Gasteiger partial charge in [0, 0.05) is 17.2 Å². The van der Waals surface area contributed by atoms with Crippen molar-refractivity contribution in [2.45, 2.75) is 19.1 Å². The molecule has 2 aromatic rings. The van der Waals surface area contributed by atoms with Crippen LogP contribution >= 0.6 is 11.6 Å². The van der Waals surface area contributed by atoms with Crippen molar-refractivity contribution in [2.75, 3.05) is 26.9 Å². The summed E-state index contributed by atoms with van der Waals surface area (Å²) in [5, 5.41) is 3.25. The van der Waals surface area contributed by atoms with Crippen molar-refractivity contribution < 1.29 is 28.1 Å². The Hall–Kier alpha value is -3.39. The largest absolute Gasteiger partial charge is 0.493 e. The lowest BCUT2D eigenvalue weighted by molar-refractivity contribution is -0.132. The van der Waals surface area contributed by atoms with Gasteiger partial charge in [-0.1, -0.05) is 35.6 Å². The zero-order chi connectivity index (χ0) is 23.5. The molecule has 1 N–H and O–H groups in total. The van der Waals surface area contributed by atoms with Gasteiger partial charge >= 0.3 is 0 Å². The third kappa shape index (κ3) is 7.09. The Bertz CT molecular complexity index is 997. The molecule has 2 atom stereocenters. The molecule has 2 rings (SSSR count). The van der Waals surface area contributed by atoms with Crippen LogP contribution in [0.2, 0.25) is 5.02 Å². The highest BCUT2D eigenvalue weighted by Crippen LogP contribution is 2.34. The van der Waals surface area contributed by atoms with Crippen molar-refractivity contribution >= 4 is 17.5 Å². The van der Waals surface area contributed by atoms with Crippen molar-refractivity contribution in [1.29, 1.82) is 0 Å².